The number of benzodiazepines with no additional fused rings is 1. The predicted molar refractivity (Wildman–Crippen MR) is 131 cm³/mol. The Morgan fingerprint density at radius 3 is 2.71 bits per heavy atom. The molecule has 1 saturated heterocycles. The molecule has 4 rings (SSSR count). The number of likely N-dealkylation sites (tertiary alicyclic amines) is 1. The Morgan fingerprint density at radius 1 is 1.19 bits per heavy atom. The fourth-order valence-electron chi connectivity index (χ4n) is 4.09. The SMILES string of the molecule is CC1CCCN(C(=S)NC2N=C(c3ccccc3Cl)c3cc(Cl)ccc3N(C)C2=O)C1. The lowest BCUT2D eigenvalue weighted by Gasteiger charge is -2.34. The minimum Gasteiger partial charge on any atom is -0.349 e. The predicted octanol–water partition coefficient (Wildman–Crippen LogP) is 4.74. The van der Waals surface area contributed by atoms with Crippen molar-refractivity contribution in [3.63, 3.8) is 0 Å². The summed E-state index contributed by atoms with van der Waals surface area (Å²) >= 11 is 18.5. The van der Waals surface area contributed by atoms with E-state index >= 15 is 0 Å². The molecule has 0 radical (unpaired) electrons. The molecule has 2 atom stereocenters. The summed E-state index contributed by atoms with van der Waals surface area (Å²) in [6.45, 7) is 3.97. The van der Waals surface area contributed by atoms with Crippen LogP contribution in [0.4, 0.5) is 5.69 Å². The number of nitrogens with zero attached hydrogens (tertiary/aromatic N) is 3. The second kappa shape index (κ2) is 9.15. The van der Waals surface area contributed by atoms with Crippen LogP contribution < -0.4 is 10.2 Å². The maximum Gasteiger partial charge on any atom is 0.272 e. The van der Waals surface area contributed by atoms with Crippen LogP contribution in [0.15, 0.2) is 47.5 Å². The van der Waals surface area contributed by atoms with Crippen molar-refractivity contribution >= 4 is 57.8 Å². The van der Waals surface area contributed by atoms with Gasteiger partial charge >= 0.3 is 0 Å². The molecule has 2 aliphatic heterocycles. The Labute approximate surface area is 198 Å². The molecule has 1 N–H and O–H groups in total. The summed E-state index contributed by atoms with van der Waals surface area (Å²) < 4.78 is 0. The van der Waals surface area contributed by atoms with Gasteiger partial charge in [0.1, 0.15) is 0 Å². The molecule has 5 nitrogen and oxygen atoms in total. The Hall–Kier alpha value is -2.15. The van der Waals surface area contributed by atoms with Gasteiger partial charge < -0.3 is 15.1 Å². The molecule has 0 bridgehead atoms. The van der Waals surface area contributed by atoms with E-state index in [1.807, 2.05) is 36.4 Å². The van der Waals surface area contributed by atoms with E-state index in [0.717, 1.165) is 36.3 Å². The quantitative estimate of drug-likeness (QED) is 0.638. The highest BCUT2D eigenvalue weighted by Crippen LogP contribution is 2.32. The summed E-state index contributed by atoms with van der Waals surface area (Å²) in [6, 6.07) is 12.9. The molecule has 2 heterocycles. The molecule has 0 saturated carbocycles. The Morgan fingerprint density at radius 2 is 1.97 bits per heavy atom. The van der Waals surface area contributed by atoms with Crippen LogP contribution in [-0.4, -0.2) is 47.9 Å². The van der Waals surface area contributed by atoms with Gasteiger partial charge in [-0.3, -0.25) is 4.79 Å². The third-order valence-corrected chi connectivity index (χ3v) is 6.67. The van der Waals surface area contributed by atoms with Crippen molar-refractivity contribution in [2.24, 2.45) is 10.9 Å². The molecule has 31 heavy (non-hydrogen) atoms. The van der Waals surface area contributed by atoms with E-state index < -0.39 is 6.17 Å². The van der Waals surface area contributed by atoms with Gasteiger partial charge in [0, 0.05) is 41.3 Å². The lowest BCUT2D eigenvalue weighted by Crippen LogP contribution is -2.52. The minimum atomic E-state index is -0.868. The summed E-state index contributed by atoms with van der Waals surface area (Å²) in [7, 11) is 1.74. The molecule has 1 fully saturated rings. The number of carbonyl (C=O) groups excluding carboxylic acids is 1. The molecule has 2 aliphatic rings. The second-order valence-electron chi connectivity index (χ2n) is 8.06. The van der Waals surface area contributed by atoms with Crippen LogP contribution in [0.2, 0.25) is 10.0 Å². The van der Waals surface area contributed by atoms with Gasteiger partial charge in [0.2, 0.25) is 6.17 Å². The van der Waals surface area contributed by atoms with Gasteiger partial charge in [-0.2, -0.15) is 0 Å². The number of likely N-dealkylation sites (N-methyl/N-ethyl adjacent to an activating group) is 1. The van der Waals surface area contributed by atoms with Crippen LogP contribution in [0.1, 0.15) is 30.9 Å². The van der Waals surface area contributed by atoms with Crippen molar-refractivity contribution in [2.75, 3.05) is 25.0 Å². The number of hydrogen-bond donors (Lipinski definition) is 1. The molecule has 8 heteroatoms. The maximum atomic E-state index is 13.3. The lowest BCUT2D eigenvalue weighted by molar-refractivity contribution is -0.119. The minimum absolute atomic E-state index is 0.196. The van der Waals surface area contributed by atoms with Gasteiger partial charge in [0.25, 0.3) is 5.91 Å². The number of nitrogens with one attached hydrogen (secondary N) is 1. The van der Waals surface area contributed by atoms with Crippen LogP contribution in [0.3, 0.4) is 0 Å². The van der Waals surface area contributed by atoms with Crippen molar-refractivity contribution in [1.29, 1.82) is 0 Å². The number of halogens is 2. The largest absolute Gasteiger partial charge is 0.349 e. The van der Waals surface area contributed by atoms with Crippen LogP contribution in [0.5, 0.6) is 0 Å². The second-order valence-corrected chi connectivity index (χ2v) is 9.29. The summed E-state index contributed by atoms with van der Waals surface area (Å²) in [5.41, 5.74) is 2.81. The van der Waals surface area contributed by atoms with Crippen LogP contribution in [0, 0.1) is 5.92 Å². The zero-order valence-electron chi connectivity index (χ0n) is 17.4. The van der Waals surface area contributed by atoms with E-state index in [2.05, 4.69) is 17.1 Å². The number of piperidine rings is 1. The molecule has 2 aromatic rings. The van der Waals surface area contributed by atoms with Crippen molar-refractivity contribution in [3.8, 4) is 0 Å². The van der Waals surface area contributed by atoms with Gasteiger partial charge in [0.15, 0.2) is 5.11 Å². The van der Waals surface area contributed by atoms with E-state index in [-0.39, 0.29) is 5.91 Å². The Kier molecular flexibility index (Phi) is 6.51. The monoisotopic (exact) mass is 474 g/mol. The zero-order valence-corrected chi connectivity index (χ0v) is 19.8. The Bertz CT molecular complexity index is 1060. The van der Waals surface area contributed by atoms with E-state index in [1.54, 1.807) is 18.0 Å². The van der Waals surface area contributed by atoms with Crippen molar-refractivity contribution in [3.05, 3.63) is 63.6 Å². The van der Waals surface area contributed by atoms with E-state index in [1.165, 1.54) is 6.42 Å². The number of hydrogen-bond acceptors (Lipinski definition) is 3. The average Bonchev–Trinajstić information content (AvgIpc) is 2.84. The molecule has 0 spiro atoms. The third-order valence-electron chi connectivity index (χ3n) is 5.73. The highest BCUT2D eigenvalue weighted by Gasteiger charge is 2.32. The highest BCUT2D eigenvalue weighted by atomic mass is 35.5. The highest BCUT2D eigenvalue weighted by molar-refractivity contribution is 7.80. The Balaban J connectivity index is 1.76. The van der Waals surface area contributed by atoms with Crippen molar-refractivity contribution < 1.29 is 4.79 Å². The number of thiocarbonyl (C=S) groups is 1. The van der Waals surface area contributed by atoms with Crippen LogP contribution >= 0.6 is 35.4 Å². The number of amides is 1. The number of carbonyl (C=O) groups is 1. The number of aliphatic imine (C=N–C) groups is 1. The fraction of sp³-hybridized carbons (Fsp3) is 0.348. The molecule has 2 aromatic carbocycles. The summed E-state index contributed by atoms with van der Waals surface area (Å²) in [4.78, 5) is 21.9. The number of benzene rings is 2. The topological polar surface area (TPSA) is 47.9 Å². The summed E-state index contributed by atoms with van der Waals surface area (Å²) in [5, 5.41) is 4.86. The molecular formula is C23H24Cl2N4OS. The van der Waals surface area contributed by atoms with Gasteiger partial charge in [-0.15, -0.1) is 0 Å². The van der Waals surface area contributed by atoms with Crippen LogP contribution in [0.25, 0.3) is 0 Å². The van der Waals surface area contributed by atoms with Gasteiger partial charge in [-0.1, -0.05) is 48.3 Å². The fourth-order valence-corrected chi connectivity index (χ4v) is 4.77. The first kappa shape index (κ1) is 22.1. The molecular weight excluding hydrogens is 451 g/mol. The van der Waals surface area contributed by atoms with Crippen molar-refractivity contribution in [2.45, 2.75) is 25.9 Å². The number of anilines is 1. The molecule has 2 unspecified atom stereocenters. The first-order valence-electron chi connectivity index (χ1n) is 10.3. The van der Waals surface area contributed by atoms with Gasteiger partial charge in [-0.25, -0.2) is 4.99 Å². The first-order chi connectivity index (χ1) is 14.8. The standard InChI is InChI=1S/C23H24Cl2N4OS/c1-14-6-5-11-29(13-14)23(31)27-21-22(30)28(2)19-10-9-15(24)12-17(19)20(26-21)16-7-3-4-8-18(16)25/h3-4,7-10,12,14,21H,5-6,11,13H2,1-2H3,(H,27,31). The molecule has 0 aliphatic carbocycles. The smallest absolute Gasteiger partial charge is 0.272 e. The number of fused-ring (bicyclic) bond motifs is 1. The third kappa shape index (κ3) is 4.56. The average molecular weight is 475 g/mol. The van der Waals surface area contributed by atoms with E-state index in [0.29, 0.717) is 26.8 Å². The zero-order chi connectivity index (χ0) is 22.1. The van der Waals surface area contributed by atoms with Crippen LogP contribution in [-0.2, 0) is 4.79 Å². The van der Waals surface area contributed by atoms with Crippen molar-refractivity contribution in [1.82, 2.24) is 10.2 Å². The summed E-state index contributed by atoms with van der Waals surface area (Å²) in [5.74, 6) is 0.368. The molecule has 162 valence electrons. The lowest BCUT2D eigenvalue weighted by atomic mass is 10.00. The van der Waals surface area contributed by atoms with Gasteiger partial charge in [-0.05, 0) is 55.2 Å². The normalized spacial score (nSPS) is 21.3. The van der Waals surface area contributed by atoms with Gasteiger partial charge in [0.05, 0.1) is 11.4 Å². The first-order valence-corrected chi connectivity index (χ1v) is 11.5. The molecule has 0 aromatic heterocycles. The van der Waals surface area contributed by atoms with E-state index in [9.17, 15) is 4.79 Å². The summed E-state index contributed by atoms with van der Waals surface area (Å²) in [6.07, 6.45) is 1.40. The number of rotatable bonds is 2. The van der Waals surface area contributed by atoms with E-state index in [4.69, 9.17) is 40.4 Å². The maximum absolute atomic E-state index is 13.3. The molecule has 1 amide bonds.